The van der Waals surface area contributed by atoms with Crippen molar-refractivity contribution in [3.8, 4) is 0 Å². The highest BCUT2D eigenvalue weighted by atomic mass is 16.3. The van der Waals surface area contributed by atoms with Crippen LogP contribution in [0, 0.1) is 0 Å². The summed E-state index contributed by atoms with van der Waals surface area (Å²) in [4.78, 5) is 12.3. The highest BCUT2D eigenvalue weighted by Crippen LogP contribution is 2.22. The molecule has 0 aliphatic rings. The number of aliphatic hydroxyl groups is 1. The second kappa shape index (κ2) is 5.77. The van der Waals surface area contributed by atoms with Crippen LogP contribution in [-0.4, -0.2) is 31.2 Å². The van der Waals surface area contributed by atoms with E-state index in [0.29, 0.717) is 17.0 Å². The standard InChI is InChI=1S/C12H19N5O/c1-2-3-4-5-9(6-18)17-8-16-10-11(13)14-7-15-12(10)17/h7-9,18H,2-6H2,1H3,(H2,13,14,15). The van der Waals surface area contributed by atoms with E-state index in [-0.39, 0.29) is 12.6 Å². The predicted molar refractivity (Wildman–Crippen MR) is 70.0 cm³/mol. The quantitative estimate of drug-likeness (QED) is 0.757. The van der Waals surface area contributed by atoms with Crippen LogP contribution >= 0.6 is 0 Å². The van der Waals surface area contributed by atoms with Gasteiger partial charge >= 0.3 is 0 Å². The maximum absolute atomic E-state index is 9.50. The van der Waals surface area contributed by atoms with Gasteiger partial charge in [0.1, 0.15) is 11.8 Å². The Labute approximate surface area is 106 Å². The lowest BCUT2D eigenvalue weighted by Crippen LogP contribution is -2.13. The molecule has 6 heteroatoms. The molecule has 18 heavy (non-hydrogen) atoms. The molecule has 0 aliphatic carbocycles. The molecule has 0 spiro atoms. The minimum absolute atomic E-state index is 0.0100. The second-order valence-electron chi connectivity index (χ2n) is 4.42. The molecule has 2 aromatic rings. The van der Waals surface area contributed by atoms with Crippen molar-refractivity contribution < 1.29 is 5.11 Å². The zero-order valence-electron chi connectivity index (χ0n) is 10.6. The third kappa shape index (κ3) is 2.43. The fourth-order valence-electron chi connectivity index (χ4n) is 2.09. The number of rotatable bonds is 6. The first-order valence-corrected chi connectivity index (χ1v) is 6.31. The van der Waals surface area contributed by atoms with Gasteiger partial charge in [0.05, 0.1) is 19.0 Å². The van der Waals surface area contributed by atoms with Crippen molar-refractivity contribution in [1.82, 2.24) is 19.5 Å². The van der Waals surface area contributed by atoms with Crippen LogP contribution in [0.4, 0.5) is 5.82 Å². The molecule has 98 valence electrons. The highest BCUT2D eigenvalue weighted by Gasteiger charge is 2.15. The van der Waals surface area contributed by atoms with E-state index in [1.54, 1.807) is 6.33 Å². The van der Waals surface area contributed by atoms with E-state index in [4.69, 9.17) is 5.73 Å². The van der Waals surface area contributed by atoms with Crippen LogP contribution in [0.3, 0.4) is 0 Å². The number of imidazole rings is 1. The molecule has 0 fully saturated rings. The van der Waals surface area contributed by atoms with Crippen LogP contribution in [0.15, 0.2) is 12.7 Å². The summed E-state index contributed by atoms with van der Waals surface area (Å²) in [6, 6.07) is 0.0100. The Bertz CT molecular complexity index is 510. The zero-order valence-corrected chi connectivity index (χ0v) is 10.6. The SMILES string of the molecule is CCCCCC(CO)n1cnc2c(N)ncnc21. The predicted octanol–water partition coefficient (Wildman–Crippen LogP) is 1.52. The van der Waals surface area contributed by atoms with Gasteiger partial charge in [0.25, 0.3) is 0 Å². The van der Waals surface area contributed by atoms with E-state index in [9.17, 15) is 5.11 Å². The monoisotopic (exact) mass is 249 g/mol. The third-order valence-electron chi connectivity index (χ3n) is 3.13. The number of fused-ring (bicyclic) bond motifs is 1. The molecule has 2 aromatic heterocycles. The molecule has 0 bridgehead atoms. The Morgan fingerprint density at radius 3 is 2.89 bits per heavy atom. The first-order chi connectivity index (χ1) is 8.77. The average Bonchev–Trinajstić information content (AvgIpc) is 2.80. The molecule has 0 aromatic carbocycles. The van der Waals surface area contributed by atoms with Crippen molar-refractivity contribution in [1.29, 1.82) is 0 Å². The van der Waals surface area contributed by atoms with Gasteiger partial charge in [0.2, 0.25) is 0 Å². The first kappa shape index (κ1) is 12.8. The van der Waals surface area contributed by atoms with Crippen molar-refractivity contribution in [2.75, 3.05) is 12.3 Å². The number of nitrogen functional groups attached to an aromatic ring is 1. The van der Waals surface area contributed by atoms with Gasteiger partial charge in [-0.3, -0.25) is 0 Å². The second-order valence-corrected chi connectivity index (χ2v) is 4.42. The van der Waals surface area contributed by atoms with Crippen LogP contribution < -0.4 is 5.73 Å². The van der Waals surface area contributed by atoms with Crippen LogP contribution in [0.2, 0.25) is 0 Å². The van der Waals surface area contributed by atoms with Gasteiger partial charge in [0.15, 0.2) is 11.5 Å². The van der Waals surface area contributed by atoms with E-state index in [2.05, 4.69) is 21.9 Å². The van der Waals surface area contributed by atoms with Crippen molar-refractivity contribution in [3.05, 3.63) is 12.7 Å². The summed E-state index contributed by atoms with van der Waals surface area (Å²) in [6.45, 7) is 2.24. The number of anilines is 1. The molecule has 2 rings (SSSR count). The lowest BCUT2D eigenvalue weighted by Gasteiger charge is -2.16. The largest absolute Gasteiger partial charge is 0.394 e. The average molecular weight is 249 g/mol. The fourth-order valence-corrected chi connectivity index (χ4v) is 2.09. The Morgan fingerprint density at radius 1 is 1.33 bits per heavy atom. The Balaban J connectivity index is 2.25. The summed E-state index contributed by atoms with van der Waals surface area (Å²) < 4.78 is 1.89. The molecule has 1 unspecified atom stereocenters. The molecule has 6 nitrogen and oxygen atoms in total. The topological polar surface area (TPSA) is 89.8 Å². The van der Waals surface area contributed by atoms with Gasteiger partial charge < -0.3 is 15.4 Å². The number of hydrogen-bond donors (Lipinski definition) is 2. The van der Waals surface area contributed by atoms with Gasteiger partial charge in [-0.2, -0.15) is 0 Å². The van der Waals surface area contributed by atoms with E-state index in [0.717, 1.165) is 19.3 Å². The molecule has 3 N–H and O–H groups in total. The minimum Gasteiger partial charge on any atom is -0.394 e. The van der Waals surface area contributed by atoms with Crippen LogP contribution in [0.1, 0.15) is 38.6 Å². The molecule has 0 radical (unpaired) electrons. The summed E-state index contributed by atoms with van der Waals surface area (Å²) in [5.41, 5.74) is 7.04. The van der Waals surface area contributed by atoms with Crippen molar-refractivity contribution in [2.45, 2.75) is 38.6 Å². The van der Waals surface area contributed by atoms with Crippen molar-refractivity contribution >= 4 is 17.0 Å². The van der Waals surface area contributed by atoms with E-state index < -0.39 is 0 Å². The Hall–Kier alpha value is -1.69. The van der Waals surface area contributed by atoms with E-state index in [1.165, 1.54) is 12.7 Å². The lowest BCUT2D eigenvalue weighted by molar-refractivity contribution is 0.220. The summed E-state index contributed by atoms with van der Waals surface area (Å²) >= 11 is 0. The van der Waals surface area contributed by atoms with Crippen molar-refractivity contribution in [2.24, 2.45) is 0 Å². The minimum atomic E-state index is 0.0100. The Morgan fingerprint density at radius 2 is 2.17 bits per heavy atom. The van der Waals surface area contributed by atoms with E-state index >= 15 is 0 Å². The molecule has 1 atom stereocenters. The molecule has 0 saturated heterocycles. The highest BCUT2D eigenvalue weighted by molar-refractivity contribution is 5.81. The van der Waals surface area contributed by atoms with Gasteiger partial charge in [-0.15, -0.1) is 0 Å². The molecule has 0 saturated carbocycles. The molecular formula is C12H19N5O. The maximum Gasteiger partial charge on any atom is 0.165 e. The molecular weight excluding hydrogens is 230 g/mol. The molecule has 2 heterocycles. The lowest BCUT2D eigenvalue weighted by atomic mass is 10.1. The number of aromatic nitrogens is 4. The van der Waals surface area contributed by atoms with Crippen LogP contribution in [-0.2, 0) is 0 Å². The summed E-state index contributed by atoms with van der Waals surface area (Å²) in [5.74, 6) is 0.379. The summed E-state index contributed by atoms with van der Waals surface area (Å²) in [7, 11) is 0. The smallest absolute Gasteiger partial charge is 0.165 e. The third-order valence-corrected chi connectivity index (χ3v) is 3.13. The number of unbranched alkanes of at least 4 members (excludes halogenated alkanes) is 2. The Kier molecular flexibility index (Phi) is 4.09. The molecule has 0 aliphatic heterocycles. The normalized spacial score (nSPS) is 13.0. The molecule has 0 amide bonds. The zero-order chi connectivity index (χ0) is 13.0. The summed E-state index contributed by atoms with van der Waals surface area (Å²) in [5, 5.41) is 9.50. The number of nitrogens with zero attached hydrogens (tertiary/aromatic N) is 4. The summed E-state index contributed by atoms with van der Waals surface area (Å²) in [6.07, 6.45) is 7.44. The van der Waals surface area contributed by atoms with Crippen LogP contribution in [0.5, 0.6) is 0 Å². The van der Waals surface area contributed by atoms with E-state index in [1.807, 2.05) is 4.57 Å². The number of hydrogen-bond acceptors (Lipinski definition) is 5. The van der Waals surface area contributed by atoms with Gasteiger partial charge in [-0.05, 0) is 6.42 Å². The first-order valence-electron chi connectivity index (χ1n) is 6.31. The van der Waals surface area contributed by atoms with Crippen LogP contribution in [0.25, 0.3) is 11.2 Å². The van der Waals surface area contributed by atoms with Gasteiger partial charge in [-0.1, -0.05) is 26.2 Å². The fraction of sp³-hybridized carbons (Fsp3) is 0.583. The number of aliphatic hydroxyl groups excluding tert-OH is 1. The van der Waals surface area contributed by atoms with Crippen molar-refractivity contribution in [3.63, 3.8) is 0 Å². The van der Waals surface area contributed by atoms with Gasteiger partial charge in [0, 0.05) is 0 Å². The number of nitrogens with two attached hydrogens (primary N) is 1. The van der Waals surface area contributed by atoms with Gasteiger partial charge in [-0.25, -0.2) is 15.0 Å². The maximum atomic E-state index is 9.50.